The summed E-state index contributed by atoms with van der Waals surface area (Å²) in [4.78, 5) is 26.2. The first kappa shape index (κ1) is 15.9. The zero-order valence-corrected chi connectivity index (χ0v) is 10.2. The van der Waals surface area contributed by atoms with Crippen molar-refractivity contribution in [3.63, 3.8) is 0 Å². The van der Waals surface area contributed by atoms with Gasteiger partial charge < -0.3 is 10.6 Å². The van der Waals surface area contributed by atoms with Crippen LogP contribution in [-0.4, -0.2) is 30.2 Å². The lowest BCUT2D eigenvalue weighted by Gasteiger charge is -2.18. The molecule has 2 N–H and O–H groups in total. The molecule has 0 unspecified atom stereocenters. The van der Waals surface area contributed by atoms with Gasteiger partial charge in [0.2, 0.25) is 0 Å². The molecule has 0 aliphatic rings. The molecule has 1 amide bonds. The van der Waals surface area contributed by atoms with Crippen molar-refractivity contribution < 1.29 is 32.0 Å². The number of nitrogens with two attached hydrogens (primary N) is 1. The summed E-state index contributed by atoms with van der Waals surface area (Å²) in [6.45, 7) is -0.136. The molecule has 0 saturated carbocycles. The van der Waals surface area contributed by atoms with Gasteiger partial charge in [-0.2, -0.15) is 18.2 Å². The Labute approximate surface area is 110 Å². The van der Waals surface area contributed by atoms with Crippen molar-refractivity contribution in [2.45, 2.75) is 12.7 Å². The number of benzene rings is 1. The molecule has 0 heterocycles. The van der Waals surface area contributed by atoms with Gasteiger partial charge in [0.25, 0.3) is 5.91 Å². The molecule has 0 bridgehead atoms. The molecule has 1 aromatic carbocycles. The highest BCUT2D eigenvalue weighted by atomic mass is 19.4. The fraction of sp³-hybridized carbons (Fsp3) is 0.273. The van der Waals surface area contributed by atoms with Crippen molar-refractivity contribution in [1.82, 2.24) is 5.06 Å². The van der Waals surface area contributed by atoms with E-state index in [0.29, 0.717) is 0 Å². The summed E-state index contributed by atoms with van der Waals surface area (Å²) in [6, 6.07) is 3.05. The van der Waals surface area contributed by atoms with Gasteiger partial charge in [0.1, 0.15) is 5.82 Å². The smallest absolute Gasteiger partial charge is 0.330 e. The van der Waals surface area contributed by atoms with Crippen LogP contribution < -0.4 is 5.73 Å². The maximum Gasteiger partial charge on any atom is 0.493 e. The number of hydroxylamine groups is 2. The van der Waals surface area contributed by atoms with Gasteiger partial charge in [0.05, 0.1) is 0 Å². The molecule has 110 valence electrons. The van der Waals surface area contributed by atoms with Gasteiger partial charge >= 0.3 is 12.1 Å². The molecule has 0 aliphatic carbocycles. The van der Waals surface area contributed by atoms with E-state index in [1.54, 1.807) is 0 Å². The lowest BCUT2D eigenvalue weighted by atomic mass is 10.1. The van der Waals surface area contributed by atoms with Crippen LogP contribution in [0.3, 0.4) is 0 Å². The third-order valence-corrected chi connectivity index (χ3v) is 2.26. The maximum atomic E-state index is 13.1. The SMILES string of the molecule is CN(OC(=O)C(F)(F)F)C(=O)c1cc(F)ccc1CN. The first-order valence-electron chi connectivity index (χ1n) is 5.22. The summed E-state index contributed by atoms with van der Waals surface area (Å²) in [5.41, 5.74) is 5.24. The zero-order valence-electron chi connectivity index (χ0n) is 10.2. The minimum absolute atomic E-state index is 0.0732. The van der Waals surface area contributed by atoms with Crippen LogP contribution in [0.4, 0.5) is 17.6 Å². The summed E-state index contributed by atoms with van der Waals surface area (Å²) in [5, 5.41) is 0.0732. The van der Waals surface area contributed by atoms with E-state index in [-0.39, 0.29) is 22.7 Å². The first-order valence-corrected chi connectivity index (χ1v) is 5.22. The highest BCUT2D eigenvalue weighted by Gasteiger charge is 2.43. The molecule has 0 aromatic heterocycles. The molecule has 0 saturated heterocycles. The molecular weight excluding hydrogens is 284 g/mol. The largest absolute Gasteiger partial charge is 0.493 e. The highest BCUT2D eigenvalue weighted by molar-refractivity contribution is 5.95. The predicted octanol–water partition coefficient (Wildman–Crippen LogP) is 1.38. The number of rotatable bonds is 2. The molecule has 0 fully saturated rings. The Morgan fingerprint density at radius 1 is 1.35 bits per heavy atom. The Bertz CT molecular complexity index is 531. The number of hydrogen-bond donors (Lipinski definition) is 1. The topological polar surface area (TPSA) is 72.6 Å². The lowest BCUT2D eigenvalue weighted by Crippen LogP contribution is -2.36. The van der Waals surface area contributed by atoms with Gasteiger partial charge in [-0.1, -0.05) is 6.07 Å². The van der Waals surface area contributed by atoms with Crippen LogP contribution in [0.15, 0.2) is 18.2 Å². The molecule has 0 radical (unpaired) electrons. The third kappa shape index (κ3) is 3.67. The second kappa shape index (κ2) is 5.87. The number of carbonyl (C=O) groups is 2. The fourth-order valence-electron chi connectivity index (χ4n) is 1.31. The summed E-state index contributed by atoms with van der Waals surface area (Å²) in [7, 11) is 0.803. The number of hydrogen-bond acceptors (Lipinski definition) is 4. The third-order valence-electron chi connectivity index (χ3n) is 2.26. The second-order valence-electron chi connectivity index (χ2n) is 3.68. The van der Waals surface area contributed by atoms with Gasteiger partial charge in [-0.25, -0.2) is 9.18 Å². The summed E-state index contributed by atoms with van der Waals surface area (Å²) >= 11 is 0. The highest BCUT2D eigenvalue weighted by Crippen LogP contribution is 2.18. The van der Waals surface area contributed by atoms with Crippen molar-refractivity contribution in [2.24, 2.45) is 5.73 Å². The van der Waals surface area contributed by atoms with Gasteiger partial charge in [-0.3, -0.25) is 4.79 Å². The minimum atomic E-state index is -5.24. The molecule has 0 spiro atoms. The Hall–Kier alpha value is -2.16. The van der Waals surface area contributed by atoms with Gasteiger partial charge in [-0.05, 0) is 17.7 Å². The standard InChI is InChI=1S/C11H10F4N2O3/c1-17(20-10(19)11(13,14)15)9(18)8-4-7(12)3-2-6(8)5-16/h2-4H,5,16H2,1H3. The van der Waals surface area contributed by atoms with Crippen LogP contribution in [0, 0.1) is 5.82 Å². The molecule has 0 aliphatic heterocycles. The second-order valence-corrected chi connectivity index (χ2v) is 3.68. The number of nitrogens with zero attached hydrogens (tertiary/aromatic N) is 1. The number of carbonyl (C=O) groups excluding carboxylic acids is 2. The van der Waals surface area contributed by atoms with E-state index in [4.69, 9.17) is 5.73 Å². The quantitative estimate of drug-likeness (QED) is 0.660. The minimum Gasteiger partial charge on any atom is -0.330 e. The summed E-state index contributed by atoms with van der Waals surface area (Å²) in [6.07, 6.45) is -5.24. The lowest BCUT2D eigenvalue weighted by molar-refractivity contribution is -0.225. The van der Waals surface area contributed by atoms with E-state index in [9.17, 15) is 27.2 Å². The molecular formula is C11H10F4N2O3. The van der Waals surface area contributed by atoms with Crippen LogP contribution in [0.25, 0.3) is 0 Å². The number of halogens is 4. The molecule has 9 heteroatoms. The predicted molar refractivity (Wildman–Crippen MR) is 58.5 cm³/mol. The maximum absolute atomic E-state index is 13.1. The van der Waals surface area contributed by atoms with E-state index in [2.05, 4.69) is 4.84 Å². The molecule has 0 atom stereocenters. The molecule has 1 aromatic rings. The summed E-state index contributed by atoms with van der Waals surface area (Å²) < 4.78 is 49.0. The van der Waals surface area contributed by atoms with E-state index < -0.39 is 23.9 Å². The van der Waals surface area contributed by atoms with Gasteiger partial charge in [0.15, 0.2) is 0 Å². The summed E-state index contributed by atoms with van der Waals surface area (Å²) in [5.74, 6) is -4.46. The zero-order chi connectivity index (χ0) is 15.5. The van der Waals surface area contributed by atoms with Crippen molar-refractivity contribution in [3.8, 4) is 0 Å². The van der Waals surface area contributed by atoms with E-state index in [1.807, 2.05) is 0 Å². The van der Waals surface area contributed by atoms with Crippen LogP contribution >= 0.6 is 0 Å². The van der Waals surface area contributed by atoms with Crippen LogP contribution in [0.1, 0.15) is 15.9 Å². The number of alkyl halides is 3. The Kier molecular flexibility index (Phi) is 4.66. The molecule has 20 heavy (non-hydrogen) atoms. The Balaban J connectivity index is 2.95. The Morgan fingerprint density at radius 2 is 1.95 bits per heavy atom. The van der Waals surface area contributed by atoms with Gasteiger partial charge in [-0.15, -0.1) is 0 Å². The van der Waals surface area contributed by atoms with Crippen molar-refractivity contribution in [3.05, 3.63) is 35.1 Å². The monoisotopic (exact) mass is 294 g/mol. The molecule has 5 nitrogen and oxygen atoms in total. The normalized spacial score (nSPS) is 11.1. The van der Waals surface area contributed by atoms with Crippen LogP contribution in [0.5, 0.6) is 0 Å². The first-order chi connectivity index (χ1) is 9.16. The average Bonchev–Trinajstić information content (AvgIpc) is 2.36. The fourth-order valence-corrected chi connectivity index (χ4v) is 1.31. The van der Waals surface area contributed by atoms with E-state index in [0.717, 1.165) is 19.2 Å². The van der Waals surface area contributed by atoms with Crippen LogP contribution in [0.2, 0.25) is 0 Å². The van der Waals surface area contributed by atoms with E-state index in [1.165, 1.54) is 6.07 Å². The molecule has 1 rings (SSSR count). The van der Waals surface area contributed by atoms with Crippen molar-refractivity contribution in [1.29, 1.82) is 0 Å². The van der Waals surface area contributed by atoms with Crippen molar-refractivity contribution in [2.75, 3.05) is 7.05 Å². The average molecular weight is 294 g/mol. The van der Waals surface area contributed by atoms with Crippen LogP contribution in [-0.2, 0) is 16.2 Å². The van der Waals surface area contributed by atoms with Gasteiger partial charge in [0, 0.05) is 19.2 Å². The Morgan fingerprint density at radius 3 is 2.45 bits per heavy atom. The number of amides is 1. The van der Waals surface area contributed by atoms with Crippen molar-refractivity contribution >= 4 is 11.9 Å². The van der Waals surface area contributed by atoms with E-state index >= 15 is 0 Å².